The van der Waals surface area contributed by atoms with Gasteiger partial charge in [0.2, 0.25) is 5.82 Å². The third-order valence-electron chi connectivity index (χ3n) is 4.42. The van der Waals surface area contributed by atoms with Crippen molar-refractivity contribution < 1.29 is 9.26 Å². The van der Waals surface area contributed by atoms with Gasteiger partial charge in [0.25, 0.3) is 5.89 Å². The molecule has 4 aromatic rings. The van der Waals surface area contributed by atoms with Crippen LogP contribution in [0.15, 0.2) is 46.3 Å². The monoisotopic (exact) mass is 365 g/mol. The minimum Gasteiger partial charge on any atom is -0.365 e. The summed E-state index contributed by atoms with van der Waals surface area (Å²) in [7, 11) is 0. The van der Waals surface area contributed by atoms with Gasteiger partial charge >= 0.3 is 0 Å². The van der Waals surface area contributed by atoms with Crippen LogP contribution in [0.25, 0.3) is 22.3 Å². The van der Waals surface area contributed by atoms with Crippen molar-refractivity contribution in [3.05, 3.63) is 58.6 Å². The molecule has 1 atom stereocenters. The predicted octanol–water partition coefficient (Wildman–Crippen LogP) is 3.64. The Morgan fingerprint density at radius 2 is 2.08 bits per heavy atom. The van der Waals surface area contributed by atoms with E-state index >= 15 is 0 Å². The average molecular weight is 365 g/mol. The van der Waals surface area contributed by atoms with Crippen LogP contribution in [0.3, 0.4) is 0 Å². The molecule has 1 aliphatic heterocycles. The third kappa shape index (κ3) is 2.63. The van der Waals surface area contributed by atoms with Crippen molar-refractivity contribution >= 4 is 11.3 Å². The van der Waals surface area contributed by atoms with E-state index in [1.54, 1.807) is 11.3 Å². The number of aryl methyl sites for hydroxylation is 1. The highest BCUT2D eigenvalue weighted by molar-refractivity contribution is 7.13. The molecule has 7 nitrogen and oxygen atoms in total. The van der Waals surface area contributed by atoms with E-state index in [2.05, 4.69) is 51.6 Å². The lowest BCUT2D eigenvalue weighted by Gasteiger charge is -2.24. The number of nitrogens with zero attached hydrogens (tertiary/aromatic N) is 5. The zero-order chi connectivity index (χ0) is 17.5. The topological polar surface area (TPSA) is 78.9 Å². The summed E-state index contributed by atoms with van der Waals surface area (Å²) in [6, 6.07) is 12.3. The van der Waals surface area contributed by atoms with E-state index < -0.39 is 0 Å². The van der Waals surface area contributed by atoms with E-state index in [1.165, 1.54) is 5.56 Å². The summed E-state index contributed by atoms with van der Waals surface area (Å²) in [5.74, 6) is 0.929. The molecule has 1 aromatic carbocycles. The normalized spacial score (nSPS) is 16.6. The van der Waals surface area contributed by atoms with Crippen molar-refractivity contribution in [3.8, 4) is 22.3 Å². The van der Waals surface area contributed by atoms with Crippen molar-refractivity contribution in [2.75, 3.05) is 0 Å². The number of rotatable bonds is 3. The fraction of sp³-hybridized carbons (Fsp3) is 0.222. The van der Waals surface area contributed by atoms with Crippen LogP contribution in [0.4, 0.5) is 0 Å². The Labute approximate surface area is 153 Å². The molecular formula is C18H15N5O2S. The molecule has 0 fully saturated rings. The summed E-state index contributed by atoms with van der Waals surface area (Å²) in [5.41, 5.74) is 3.84. The summed E-state index contributed by atoms with van der Waals surface area (Å²) >= 11 is 1.55. The Morgan fingerprint density at radius 3 is 2.88 bits per heavy atom. The zero-order valence-corrected chi connectivity index (χ0v) is 14.8. The van der Waals surface area contributed by atoms with Crippen LogP contribution in [0, 0.1) is 6.92 Å². The Morgan fingerprint density at radius 1 is 1.19 bits per heavy atom. The van der Waals surface area contributed by atoms with E-state index in [9.17, 15) is 0 Å². The summed E-state index contributed by atoms with van der Waals surface area (Å²) in [4.78, 5) is 5.38. The molecule has 5 rings (SSSR count). The van der Waals surface area contributed by atoms with Crippen LogP contribution in [-0.2, 0) is 17.9 Å². The van der Waals surface area contributed by atoms with Crippen LogP contribution >= 0.6 is 11.3 Å². The van der Waals surface area contributed by atoms with Crippen LogP contribution in [0.5, 0.6) is 0 Å². The molecule has 0 radical (unpaired) electrons. The lowest BCUT2D eigenvalue weighted by Crippen LogP contribution is -2.22. The third-order valence-corrected chi connectivity index (χ3v) is 5.27. The number of hydrogen-bond donors (Lipinski definition) is 0. The van der Waals surface area contributed by atoms with Crippen molar-refractivity contribution in [1.82, 2.24) is 25.1 Å². The molecule has 0 saturated heterocycles. The van der Waals surface area contributed by atoms with Crippen molar-refractivity contribution in [1.29, 1.82) is 0 Å². The molecule has 0 spiro atoms. The van der Waals surface area contributed by atoms with Gasteiger partial charge in [-0.2, -0.15) is 4.98 Å². The largest absolute Gasteiger partial charge is 0.365 e. The van der Waals surface area contributed by atoms with Crippen LogP contribution in [-0.4, -0.2) is 25.1 Å². The fourth-order valence-corrected chi connectivity index (χ4v) is 3.63. The second-order valence-electron chi connectivity index (χ2n) is 6.18. The summed E-state index contributed by atoms with van der Waals surface area (Å²) in [5, 5.41) is 14.6. The molecule has 0 bridgehead atoms. The van der Waals surface area contributed by atoms with Gasteiger partial charge in [-0.1, -0.05) is 46.3 Å². The molecule has 0 N–H and O–H groups in total. The Kier molecular flexibility index (Phi) is 3.65. The fourth-order valence-electron chi connectivity index (χ4n) is 2.99. The maximum atomic E-state index is 6.04. The first-order valence-corrected chi connectivity index (χ1v) is 9.14. The SMILES string of the molecule is Cc1ccc([C@@H]2Cn3nnc(-c4noc(-c5cccs5)n4)c3CO2)cc1. The van der Waals surface area contributed by atoms with Crippen molar-refractivity contribution in [2.45, 2.75) is 26.2 Å². The molecule has 8 heteroatoms. The molecule has 0 amide bonds. The standard InChI is InChI=1S/C18H15N5O2S/c1-11-4-6-12(7-5-11)14-9-23-13(10-24-14)16(20-22-23)17-19-18(25-21-17)15-3-2-8-26-15/h2-8,14H,9-10H2,1H3/t14-/m0/s1. The molecule has 0 unspecified atom stereocenters. The highest BCUT2D eigenvalue weighted by Gasteiger charge is 2.27. The van der Waals surface area contributed by atoms with E-state index in [0.717, 1.165) is 16.1 Å². The number of aromatic nitrogens is 5. The molecule has 0 aliphatic carbocycles. The van der Waals surface area contributed by atoms with Crippen molar-refractivity contribution in [2.24, 2.45) is 0 Å². The molecular weight excluding hydrogens is 350 g/mol. The van der Waals surface area contributed by atoms with E-state index in [0.29, 0.717) is 30.6 Å². The number of thiophene rings is 1. The Hall–Kier alpha value is -2.84. The van der Waals surface area contributed by atoms with Gasteiger partial charge in [-0.05, 0) is 23.9 Å². The summed E-state index contributed by atoms with van der Waals surface area (Å²) in [6.45, 7) is 3.09. The molecule has 0 saturated carbocycles. The van der Waals surface area contributed by atoms with Crippen LogP contribution in [0.2, 0.25) is 0 Å². The van der Waals surface area contributed by atoms with E-state index in [-0.39, 0.29) is 6.10 Å². The number of hydrogen-bond acceptors (Lipinski definition) is 7. The quantitative estimate of drug-likeness (QED) is 0.551. The Balaban J connectivity index is 1.42. The van der Waals surface area contributed by atoms with Gasteiger partial charge in [-0.25, -0.2) is 4.68 Å². The first-order chi connectivity index (χ1) is 12.8. The summed E-state index contributed by atoms with van der Waals surface area (Å²) in [6.07, 6.45) is -0.0374. The van der Waals surface area contributed by atoms with Crippen LogP contribution in [0.1, 0.15) is 22.9 Å². The first-order valence-electron chi connectivity index (χ1n) is 8.26. The number of benzene rings is 1. The molecule has 4 heterocycles. The van der Waals surface area contributed by atoms with Gasteiger partial charge in [-0.3, -0.25) is 0 Å². The lowest BCUT2D eigenvalue weighted by atomic mass is 10.1. The second kappa shape index (κ2) is 6.15. The maximum Gasteiger partial charge on any atom is 0.268 e. The van der Waals surface area contributed by atoms with Gasteiger partial charge in [0.15, 0.2) is 5.69 Å². The van der Waals surface area contributed by atoms with Crippen LogP contribution < -0.4 is 0 Å². The smallest absolute Gasteiger partial charge is 0.268 e. The highest BCUT2D eigenvalue weighted by atomic mass is 32.1. The van der Waals surface area contributed by atoms with Gasteiger partial charge in [0.1, 0.15) is 6.10 Å². The first kappa shape index (κ1) is 15.4. The predicted molar refractivity (Wildman–Crippen MR) is 95.3 cm³/mol. The van der Waals surface area contributed by atoms with Gasteiger partial charge < -0.3 is 9.26 Å². The lowest BCUT2D eigenvalue weighted by molar-refractivity contribution is -0.00112. The second-order valence-corrected chi connectivity index (χ2v) is 7.13. The molecule has 26 heavy (non-hydrogen) atoms. The van der Waals surface area contributed by atoms with Gasteiger partial charge in [0.05, 0.1) is 23.7 Å². The minimum atomic E-state index is -0.0374. The van der Waals surface area contributed by atoms with Gasteiger partial charge in [0, 0.05) is 0 Å². The van der Waals surface area contributed by atoms with E-state index in [4.69, 9.17) is 9.26 Å². The molecule has 130 valence electrons. The minimum absolute atomic E-state index is 0.0374. The average Bonchev–Trinajstić information content (AvgIpc) is 3.41. The summed E-state index contributed by atoms with van der Waals surface area (Å²) < 4.78 is 13.3. The highest BCUT2D eigenvalue weighted by Crippen LogP contribution is 2.31. The Bertz CT molecular complexity index is 1040. The number of ether oxygens (including phenoxy) is 1. The zero-order valence-electron chi connectivity index (χ0n) is 14.0. The maximum absolute atomic E-state index is 6.04. The van der Waals surface area contributed by atoms with Crippen molar-refractivity contribution in [3.63, 3.8) is 0 Å². The molecule has 1 aliphatic rings. The van der Waals surface area contributed by atoms with Gasteiger partial charge in [-0.15, -0.1) is 16.4 Å². The molecule has 3 aromatic heterocycles. The van der Waals surface area contributed by atoms with E-state index in [1.807, 2.05) is 22.2 Å². The number of fused-ring (bicyclic) bond motifs is 1.